The van der Waals surface area contributed by atoms with Crippen LogP contribution in [0.4, 0.5) is 0 Å². The van der Waals surface area contributed by atoms with Gasteiger partial charge in [-0.25, -0.2) is 0 Å². The maximum absolute atomic E-state index is 12.4. The number of hydrogen-bond donors (Lipinski definition) is 0. The smallest absolute Gasteiger partial charge is 0.233 e. The third-order valence-electron chi connectivity index (χ3n) is 3.73. The molecule has 2 aromatic carbocycles. The Kier molecular flexibility index (Phi) is 5.45. The quantitative estimate of drug-likeness (QED) is 0.638. The zero-order valence-electron chi connectivity index (χ0n) is 14.2. The van der Waals surface area contributed by atoms with Gasteiger partial charge in [-0.2, -0.15) is 4.68 Å². The number of aromatic nitrogens is 4. The first-order valence-corrected chi connectivity index (χ1v) is 8.88. The molecule has 0 spiro atoms. The molecule has 0 bridgehead atoms. The summed E-state index contributed by atoms with van der Waals surface area (Å²) in [5, 5.41) is 12.3. The third-order valence-corrected chi connectivity index (χ3v) is 4.64. The zero-order chi connectivity index (χ0) is 17.6. The predicted molar refractivity (Wildman–Crippen MR) is 97.5 cm³/mol. The minimum atomic E-state index is 0.0354. The van der Waals surface area contributed by atoms with Crippen LogP contribution in [0.5, 0.6) is 0 Å². The third kappa shape index (κ3) is 4.45. The molecule has 128 valence electrons. The van der Waals surface area contributed by atoms with Crippen molar-refractivity contribution in [3.05, 3.63) is 65.7 Å². The van der Waals surface area contributed by atoms with Crippen LogP contribution in [0.3, 0.4) is 0 Å². The Morgan fingerprint density at radius 3 is 2.56 bits per heavy atom. The number of benzene rings is 2. The van der Waals surface area contributed by atoms with Gasteiger partial charge in [0.1, 0.15) is 0 Å². The number of para-hydroxylation sites is 1. The number of carbonyl (C=O) groups excluding carboxylic acids is 1. The number of aryl methyl sites for hydroxylation is 1. The van der Waals surface area contributed by atoms with Crippen LogP contribution in [0.2, 0.25) is 0 Å². The Labute approximate surface area is 150 Å². The number of carbonyl (C=O) groups is 1. The van der Waals surface area contributed by atoms with E-state index in [1.165, 1.54) is 17.3 Å². The van der Waals surface area contributed by atoms with E-state index in [1.807, 2.05) is 56.4 Å². The van der Waals surface area contributed by atoms with E-state index in [0.29, 0.717) is 11.7 Å². The summed E-state index contributed by atoms with van der Waals surface area (Å²) < 4.78 is 1.64. The molecule has 1 amide bonds. The van der Waals surface area contributed by atoms with Crippen molar-refractivity contribution in [1.29, 1.82) is 0 Å². The highest BCUT2D eigenvalue weighted by Gasteiger charge is 2.14. The van der Waals surface area contributed by atoms with Gasteiger partial charge >= 0.3 is 0 Å². The fraction of sp³-hybridized carbons (Fsp3) is 0.222. The lowest BCUT2D eigenvalue weighted by atomic mass is 10.1. The number of tetrazole rings is 1. The summed E-state index contributed by atoms with van der Waals surface area (Å²) in [6, 6.07) is 17.8. The van der Waals surface area contributed by atoms with Gasteiger partial charge < -0.3 is 4.90 Å². The van der Waals surface area contributed by atoms with Crippen molar-refractivity contribution in [1.82, 2.24) is 25.1 Å². The molecule has 6 nitrogen and oxygen atoms in total. The molecule has 0 radical (unpaired) electrons. The molecule has 0 aliphatic carbocycles. The van der Waals surface area contributed by atoms with Crippen molar-refractivity contribution in [2.24, 2.45) is 0 Å². The molecular weight excluding hydrogens is 334 g/mol. The molecule has 1 aromatic heterocycles. The molecule has 0 unspecified atom stereocenters. The maximum atomic E-state index is 12.4. The van der Waals surface area contributed by atoms with Crippen LogP contribution in [-0.4, -0.2) is 43.8 Å². The average Bonchev–Trinajstić information content (AvgIpc) is 3.11. The Bertz CT molecular complexity index is 832. The Morgan fingerprint density at radius 2 is 1.84 bits per heavy atom. The van der Waals surface area contributed by atoms with Gasteiger partial charge in [0, 0.05) is 13.6 Å². The van der Waals surface area contributed by atoms with Crippen LogP contribution in [0.15, 0.2) is 59.8 Å². The second-order valence-corrected chi connectivity index (χ2v) is 6.68. The highest BCUT2D eigenvalue weighted by Crippen LogP contribution is 2.18. The standard InChI is InChI=1S/C18H19N5OS/c1-14-8-10-15(11-9-14)12-22(2)17(24)13-25-18-19-20-21-23(18)16-6-4-3-5-7-16/h3-11H,12-13H2,1-2H3. The largest absolute Gasteiger partial charge is 0.341 e. The van der Waals surface area contributed by atoms with E-state index in [1.54, 1.807) is 9.58 Å². The minimum Gasteiger partial charge on any atom is -0.341 e. The second kappa shape index (κ2) is 7.94. The summed E-state index contributed by atoms with van der Waals surface area (Å²) in [4.78, 5) is 14.1. The molecule has 0 fully saturated rings. The van der Waals surface area contributed by atoms with Gasteiger partial charge in [-0.1, -0.05) is 59.8 Å². The fourth-order valence-corrected chi connectivity index (χ4v) is 3.12. The van der Waals surface area contributed by atoms with Crippen LogP contribution in [-0.2, 0) is 11.3 Å². The summed E-state index contributed by atoms with van der Waals surface area (Å²) in [7, 11) is 1.81. The lowest BCUT2D eigenvalue weighted by Gasteiger charge is -2.17. The summed E-state index contributed by atoms with van der Waals surface area (Å²) in [5.74, 6) is 0.323. The van der Waals surface area contributed by atoms with E-state index in [-0.39, 0.29) is 11.7 Å². The number of hydrogen-bond acceptors (Lipinski definition) is 5. The molecule has 7 heteroatoms. The van der Waals surface area contributed by atoms with E-state index < -0.39 is 0 Å². The van der Waals surface area contributed by atoms with Crippen molar-refractivity contribution >= 4 is 17.7 Å². The van der Waals surface area contributed by atoms with Crippen molar-refractivity contribution in [3.63, 3.8) is 0 Å². The predicted octanol–water partition coefficient (Wildman–Crippen LogP) is 2.72. The van der Waals surface area contributed by atoms with Gasteiger partial charge in [-0.3, -0.25) is 4.79 Å². The molecule has 3 rings (SSSR count). The van der Waals surface area contributed by atoms with Gasteiger partial charge in [0.25, 0.3) is 0 Å². The van der Waals surface area contributed by atoms with Crippen molar-refractivity contribution < 1.29 is 4.79 Å². The van der Waals surface area contributed by atoms with Gasteiger partial charge in [0.05, 0.1) is 11.4 Å². The summed E-state index contributed by atoms with van der Waals surface area (Å²) in [5.41, 5.74) is 3.19. The van der Waals surface area contributed by atoms with Gasteiger partial charge in [-0.05, 0) is 35.0 Å². The van der Waals surface area contributed by atoms with Crippen molar-refractivity contribution in [3.8, 4) is 5.69 Å². The number of thioether (sulfide) groups is 1. The van der Waals surface area contributed by atoms with Gasteiger partial charge in [-0.15, -0.1) is 5.10 Å². The summed E-state index contributed by atoms with van der Waals surface area (Å²) in [6.45, 7) is 2.63. The lowest BCUT2D eigenvalue weighted by molar-refractivity contribution is -0.127. The maximum Gasteiger partial charge on any atom is 0.233 e. The Balaban J connectivity index is 1.59. The number of amides is 1. The molecule has 25 heavy (non-hydrogen) atoms. The average molecular weight is 353 g/mol. The first kappa shape index (κ1) is 17.2. The first-order chi connectivity index (χ1) is 12.1. The van der Waals surface area contributed by atoms with Gasteiger partial charge in [0.2, 0.25) is 11.1 Å². The van der Waals surface area contributed by atoms with Crippen LogP contribution < -0.4 is 0 Å². The zero-order valence-corrected chi connectivity index (χ0v) is 15.0. The molecule has 0 aliphatic heterocycles. The second-order valence-electron chi connectivity index (χ2n) is 5.73. The molecule has 0 N–H and O–H groups in total. The van der Waals surface area contributed by atoms with Crippen LogP contribution in [0, 0.1) is 6.92 Å². The van der Waals surface area contributed by atoms with E-state index >= 15 is 0 Å². The molecule has 1 heterocycles. The van der Waals surface area contributed by atoms with E-state index in [4.69, 9.17) is 0 Å². The lowest BCUT2D eigenvalue weighted by Crippen LogP contribution is -2.27. The van der Waals surface area contributed by atoms with Crippen LogP contribution in [0.1, 0.15) is 11.1 Å². The molecule has 3 aromatic rings. The topological polar surface area (TPSA) is 63.9 Å². The van der Waals surface area contributed by atoms with E-state index in [2.05, 4.69) is 27.7 Å². The van der Waals surface area contributed by atoms with Crippen molar-refractivity contribution in [2.75, 3.05) is 12.8 Å². The Hall–Kier alpha value is -2.67. The summed E-state index contributed by atoms with van der Waals surface area (Å²) >= 11 is 1.33. The fourth-order valence-electron chi connectivity index (χ4n) is 2.29. The minimum absolute atomic E-state index is 0.0354. The monoisotopic (exact) mass is 353 g/mol. The first-order valence-electron chi connectivity index (χ1n) is 7.89. The molecular formula is C18H19N5OS. The normalized spacial score (nSPS) is 10.6. The van der Waals surface area contributed by atoms with Gasteiger partial charge in [0.15, 0.2) is 0 Å². The van der Waals surface area contributed by atoms with Crippen molar-refractivity contribution in [2.45, 2.75) is 18.6 Å². The number of rotatable bonds is 6. The van der Waals surface area contributed by atoms with E-state index in [9.17, 15) is 4.79 Å². The highest BCUT2D eigenvalue weighted by atomic mass is 32.2. The van der Waals surface area contributed by atoms with Crippen LogP contribution >= 0.6 is 11.8 Å². The molecule has 0 saturated heterocycles. The molecule has 0 atom stereocenters. The Morgan fingerprint density at radius 1 is 1.12 bits per heavy atom. The van der Waals surface area contributed by atoms with Crippen LogP contribution in [0.25, 0.3) is 5.69 Å². The summed E-state index contributed by atoms with van der Waals surface area (Å²) in [6.07, 6.45) is 0. The number of nitrogens with zero attached hydrogens (tertiary/aromatic N) is 5. The van der Waals surface area contributed by atoms with E-state index in [0.717, 1.165) is 11.3 Å². The molecule has 0 aliphatic rings. The highest BCUT2D eigenvalue weighted by molar-refractivity contribution is 7.99. The molecule has 0 saturated carbocycles. The SMILES string of the molecule is Cc1ccc(CN(C)C(=O)CSc2nnnn2-c2ccccc2)cc1.